The molecule has 1 aromatic rings. The van der Waals surface area contributed by atoms with Gasteiger partial charge in [0.1, 0.15) is 11.0 Å². The van der Waals surface area contributed by atoms with Crippen LogP contribution < -0.4 is 9.47 Å². The molecule has 5 nitrogen and oxygen atoms in total. The highest BCUT2D eigenvalue weighted by Crippen LogP contribution is 2.39. The number of nitriles is 1. The van der Waals surface area contributed by atoms with E-state index in [4.69, 9.17) is 14.7 Å². The van der Waals surface area contributed by atoms with E-state index in [0.717, 1.165) is 6.26 Å². The van der Waals surface area contributed by atoms with Gasteiger partial charge < -0.3 is 9.47 Å². The van der Waals surface area contributed by atoms with Gasteiger partial charge in [0.2, 0.25) is 6.79 Å². The van der Waals surface area contributed by atoms with Crippen molar-refractivity contribution in [2.75, 3.05) is 13.0 Å². The topological polar surface area (TPSA) is 76.4 Å². The molecule has 1 aliphatic rings. The minimum atomic E-state index is -3.50. The van der Waals surface area contributed by atoms with Gasteiger partial charge in [-0.05, 0) is 12.1 Å². The third-order valence-electron chi connectivity index (χ3n) is 1.98. The number of sulfone groups is 1. The van der Waals surface area contributed by atoms with Crippen LogP contribution in [0.3, 0.4) is 0 Å². The predicted octanol–water partition coefficient (Wildman–Crippen LogP) is 0.690. The lowest BCUT2D eigenvalue weighted by atomic mass is 10.2. The number of nitrogens with zero attached hydrogens (tertiary/aromatic N) is 1. The quantitative estimate of drug-likeness (QED) is 0.702. The zero-order valence-electron chi connectivity index (χ0n) is 7.85. The van der Waals surface area contributed by atoms with Gasteiger partial charge in [-0.1, -0.05) is 0 Å². The molecule has 0 atom stereocenters. The molecule has 0 aliphatic carbocycles. The van der Waals surface area contributed by atoms with Crippen LogP contribution in [0, 0.1) is 11.3 Å². The van der Waals surface area contributed by atoms with E-state index in [0.29, 0.717) is 5.75 Å². The lowest BCUT2D eigenvalue weighted by Crippen LogP contribution is -2.02. The second-order valence-corrected chi connectivity index (χ2v) is 5.01. The van der Waals surface area contributed by atoms with Crippen molar-refractivity contribution in [2.24, 2.45) is 0 Å². The third-order valence-corrected chi connectivity index (χ3v) is 3.13. The van der Waals surface area contributed by atoms with Crippen molar-refractivity contribution < 1.29 is 17.9 Å². The molecule has 0 spiro atoms. The number of rotatable bonds is 1. The first-order chi connectivity index (χ1) is 7.04. The van der Waals surface area contributed by atoms with Crippen molar-refractivity contribution in [3.63, 3.8) is 0 Å². The fourth-order valence-corrected chi connectivity index (χ4v) is 2.41. The van der Waals surface area contributed by atoms with Crippen molar-refractivity contribution in [3.8, 4) is 17.6 Å². The van der Waals surface area contributed by atoms with Gasteiger partial charge in [0, 0.05) is 6.26 Å². The number of hydrogen-bond acceptors (Lipinski definition) is 5. The van der Waals surface area contributed by atoms with Gasteiger partial charge in [-0.25, -0.2) is 8.42 Å². The summed E-state index contributed by atoms with van der Waals surface area (Å²) in [5.41, 5.74) is 0.0711. The van der Waals surface area contributed by atoms with Gasteiger partial charge in [0.25, 0.3) is 0 Å². The van der Waals surface area contributed by atoms with Crippen LogP contribution in [0.1, 0.15) is 5.56 Å². The molecule has 0 bridgehead atoms. The molecule has 78 valence electrons. The van der Waals surface area contributed by atoms with Crippen LogP contribution in [0.25, 0.3) is 0 Å². The summed E-state index contributed by atoms with van der Waals surface area (Å²) in [5, 5.41) is 8.80. The van der Waals surface area contributed by atoms with Crippen LogP contribution in [0.15, 0.2) is 17.0 Å². The Morgan fingerprint density at radius 2 is 2.13 bits per heavy atom. The molecule has 0 saturated carbocycles. The molecule has 1 aliphatic heterocycles. The van der Waals surface area contributed by atoms with E-state index in [1.807, 2.05) is 6.07 Å². The van der Waals surface area contributed by atoms with E-state index in [1.54, 1.807) is 0 Å². The molecule has 0 amide bonds. The first kappa shape index (κ1) is 9.80. The monoisotopic (exact) mass is 225 g/mol. The standard InChI is InChI=1S/C9H7NO4S/c1-15(11,12)9-6(4-10)2-3-7-8(9)14-5-13-7/h2-3H,5H2,1H3. The van der Waals surface area contributed by atoms with Crippen molar-refractivity contribution in [1.82, 2.24) is 0 Å². The normalized spacial score (nSPS) is 13.6. The van der Waals surface area contributed by atoms with Crippen LogP contribution in [0.4, 0.5) is 0 Å². The van der Waals surface area contributed by atoms with E-state index >= 15 is 0 Å². The minimum absolute atomic E-state index is 0.0211. The van der Waals surface area contributed by atoms with Crippen LogP contribution in [-0.2, 0) is 9.84 Å². The molecule has 0 N–H and O–H groups in total. The van der Waals surface area contributed by atoms with Crippen molar-refractivity contribution in [1.29, 1.82) is 5.26 Å². The number of fused-ring (bicyclic) bond motifs is 1. The largest absolute Gasteiger partial charge is 0.454 e. The molecule has 6 heteroatoms. The molecule has 1 heterocycles. The van der Waals surface area contributed by atoms with Crippen LogP contribution in [-0.4, -0.2) is 21.5 Å². The molecule has 0 unspecified atom stereocenters. The molecule has 0 aromatic heterocycles. The van der Waals surface area contributed by atoms with Crippen molar-refractivity contribution in [2.45, 2.75) is 4.90 Å². The Bertz CT molecular complexity index is 556. The first-order valence-electron chi connectivity index (χ1n) is 4.07. The van der Waals surface area contributed by atoms with Crippen LogP contribution in [0.2, 0.25) is 0 Å². The highest BCUT2D eigenvalue weighted by atomic mass is 32.2. The van der Waals surface area contributed by atoms with E-state index in [2.05, 4.69) is 0 Å². The Morgan fingerprint density at radius 1 is 1.40 bits per heavy atom. The fraction of sp³-hybridized carbons (Fsp3) is 0.222. The Labute approximate surface area is 86.8 Å². The van der Waals surface area contributed by atoms with E-state index in [1.165, 1.54) is 12.1 Å². The lowest BCUT2D eigenvalue weighted by molar-refractivity contribution is 0.172. The molecule has 2 rings (SSSR count). The van der Waals surface area contributed by atoms with E-state index in [-0.39, 0.29) is 23.0 Å². The van der Waals surface area contributed by atoms with Crippen LogP contribution in [0.5, 0.6) is 11.5 Å². The summed E-state index contributed by atoms with van der Waals surface area (Å²) < 4.78 is 33.1. The molecule has 0 saturated heterocycles. The molecular formula is C9H7NO4S. The molecular weight excluding hydrogens is 218 g/mol. The Hall–Kier alpha value is -1.74. The summed E-state index contributed by atoms with van der Waals surface area (Å²) in [6.45, 7) is -0.0211. The van der Waals surface area contributed by atoms with Gasteiger partial charge in [-0.2, -0.15) is 5.26 Å². The average molecular weight is 225 g/mol. The Kier molecular flexibility index (Phi) is 2.05. The second kappa shape index (κ2) is 3.14. The van der Waals surface area contributed by atoms with Crippen molar-refractivity contribution >= 4 is 9.84 Å². The second-order valence-electron chi connectivity index (χ2n) is 3.06. The average Bonchev–Trinajstić information content (AvgIpc) is 2.61. The molecule has 1 aromatic carbocycles. The van der Waals surface area contributed by atoms with Gasteiger partial charge in [0.15, 0.2) is 21.3 Å². The SMILES string of the molecule is CS(=O)(=O)c1c(C#N)ccc2c1OCO2. The van der Waals surface area contributed by atoms with Gasteiger partial charge >= 0.3 is 0 Å². The highest BCUT2D eigenvalue weighted by molar-refractivity contribution is 7.90. The maximum absolute atomic E-state index is 11.5. The number of ether oxygens (including phenoxy) is 2. The summed E-state index contributed by atoms with van der Waals surface area (Å²) in [7, 11) is -3.50. The predicted molar refractivity (Wildman–Crippen MR) is 50.4 cm³/mol. The van der Waals surface area contributed by atoms with Gasteiger partial charge in [0.05, 0.1) is 5.56 Å². The number of hydrogen-bond donors (Lipinski definition) is 0. The lowest BCUT2D eigenvalue weighted by Gasteiger charge is -2.04. The van der Waals surface area contributed by atoms with Gasteiger partial charge in [-0.15, -0.1) is 0 Å². The summed E-state index contributed by atoms with van der Waals surface area (Å²) in [5.74, 6) is 0.492. The summed E-state index contributed by atoms with van der Waals surface area (Å²) in [4.78, 5) is -0.0972. The van der Waals surface area contributed by atoms with E-state index in [9.17, 15) is 8.42 Å². The summed E-state index contributed by atoms with van der Waals surface area (Å²) in [6, 6.07) is 4.75. The van der Waals surface area contributed by atoms with Gasteiger partial charge in [-0.3, -0.25) is 0 Å². The minimum Gasteiger partial charge on any atom is -0.454 e. The van der Waals surface area contributed by atoms with Crippen molar-refractivity contribution in [3.05, 3.63) is 17.7 Å². The zero-order chi connectivity index (χ0) is 11.1. The first-order valence-corrected chi connectivity index (χ1v) is 5.96. The maximum Gasteiger partial charge on any atom is 0.231 e. The molecule has 0 radical (unpaired) electrons. The Morgan fingerprint density at radius 3 is 2.73 bits per heavy atom. The smallest absolute Gasteiger partial charge is 0.231 e. The van der Waals surface area contributed by atoms with Crippen LogP contribution >= 0.6 is 0 Å². The summed E-state index contributed by atoms with van der Waals surface area (Å²) >= 11 is 0. The fourth-order valence-electron chi connectivity index (χ4n) is 1.40. The third kappa shape index (κ3) is 1.51. The summed E-state index contributed by atoms with van der Waals surface area (Å²) in [6.07, 6.45) is 1.03. The van der Waals surface area contributed by atoms with E-state index < -0.39 is 9.84 Å². The number of benzene rings is 1. The molecule has 0 fully saturated rings. The molecule has 15 heavy (non-hydrogen) atoms. The highest BCUT2D eigenvalue weighted by Gasteiger charge is 2.27. The maximum atomic E-state index is 11.5. The zero-order valence-corrected chi connectivity index (χ0v) is 8.67. The Balaban J connectivity index is 2.81.